The number of ether oxygens (including phenoxy) is 4. The second kappa shape index (κ2) is 12.0. The molecule has 0 unspecified atom stereocenters. The van der Waals surface area contributed by atoms with E-state index in [1.807, 2.05) is 0 Å². The van der Waals surface area contributed by atoms with E-state index in [1.165, 1.54) is 0 Å². The van der Waals surface area contributed by atoms with Crippen LogP contribution in [-0.2, 0) is 14.3 Å². The zero-order valence-electron chi connectivity index (χ0n) is 20.3. The lowest BCUT2D eigenvalue weighted by Crippen LogP contribution is -2.40. The third kappa shape index (κ3) is 6.52. The number of rotatable bonds is 11. The van der Waals surface area contributed by atoms with Gasteiger partial charge in [0.05, 0.1) is 32.0 Å². The van der Waals surface area contributed by atoms with Crippen LogP contribution < -0.4 is 14.8 Å². The average molecular weight is 488 g/mol. The highest BCUT2D eigenvalue weighted by Crippen LogP contribution is 2.34. The van der Waals surface area contributed by atoms with E-state index >= 15 is 0 Å². The molecule has 190 valence electrons. The van der Waals surface area contributed by atoms with Gasteiger partial charge in [-0.05, 0) is 43.9 Å². The third-order valence-corrected chi connectivity index (χ3v) is 6.30. The van der Waals surface area contributed by atoms with Crippen molar-refractivity contribution >= 4 is 11.8 Å². The number of hydrogen-bond acceptors (Lipinski definition) is 8. The lowest BCUT2D eigenvalue weighted by Gasteiger charge is -2.24. The van der Waals surface area contributed by atoms with Gasteiger partial charge in [-0.2, -0.15) is 0 Å². The molecular weight excluding hydrogens is 454 g/mol. The Morgan fingerprint density at radius 2 is 1.86 bits per heavy atom. The van der Waals surface area contributed by atoms with Gasteiger partial charge in [0.1, 0.15) is 11.5 Å². The molecular formula is C25H33N3O7. The molecule has 2 aromatic rings. The van der Waals surface area contributed by atoms with E-state index < -0.39 is 0 Å². The molecule has 0 aliphatic carbocycles. The van der Waals surface area contributed by atoms with Crippen LogP contribution in [0.25, 0.3) is 11.3 Å². The predicted molar refractivity (Wildman–Crippen MR) is 127 cm³/mol. The second-order valence-electron chi connectivity index (χ2n) is 8.72. The van der Waals surface area contributed by atoms with E-state index in [2.05, 4.69) is 10.5 Å². The third-order valence-electron chi connectivity index (χ3n) is 6.30. The largest absolute Gasteiger partial charge is 0.497 e. The molecule has 1 N–H and O–H groups in total. The lowest BCUT2D eigenvalue weighted by molar-refractivity contribution is -0.121. The van der Waals surface area contributed by atoms with E-state index in [4.69, 9.17) is 23.5 Å². The van der Waals surface area contributed by atoms with Crippen LogP contribution in [0.3, 0.4) is 0 Å². The predicted octanol–water partition coefficient (Wildman–Crippen LogP) is 2.67. The van der Waals surface area contributed by atoms with Crippen LogP contribution in [0.5, 0.6) is 11.5 Å². The Kier molecular flexibility index (Phi) is 8.59. The Bertz CT molecular complexity index is 997. The normalized spacial score (nSPS) is 19.5. The van der Waals surface area contributed by atoms with Crippen LogP contribution in [0.4, 0.5) is 0 Å². The number of benzene rings is 1. The fourth-order valence-electron chi connectivity index (χ4n) is 4.34. The Balaban J connectivity index is 1.44. The summed E-state index contributed by atoms with van der Waals surface area (Å²) in [4.78, 5) is 27.4. The van der Waals surface area contributed by atoms with E-state index in [9.17, 15) is 9.59 Å². The Hall–Kier alpha value is -3.11. The van der Waals surface area contributed by atoms with Crippen molar-refractivity contribution in [2.24, 2.45) is 0 Å². The van der Waals surface area contributed by atoms with Gasteiger partial charge in [0.25, 0.3) is 5.91 Å². The molecule has 3 heterocycles. The van der Waals surface area contributed by atoms with Crippen LogP contribution >= 0.6 is 0 Å². The minimum Gasteiger partial charge on any atom is -0.497 e. The second-order valence-corrected chi connectivity index (χ2v) is 8.72. The van der Waals surface area contributed by atoms with Gasteiger partial charge in [-0.3, -0.25) is 9.59 Å². The highest BCUT2D eigenvalue weighted by Gasteiger charge is 2.27. The summed E-state index contributed by atoms with van der Waals surface area (Å²) in [5, 5.41) is 6.92. The number of methoxy groups -OCH3 is 2. The first kappa shape index (κ1) is 25.0. The van der Waals surface area contributed by atoms with Crippen molar-refractivity contribution in [1.82, 2.24) is 15.4 Å². The molecule has 0 radical (unpaired) electrons. The summed E-state index contributed by atoms with van der Waals surface area (Å²) in [6.07, 6.45) is 4.00. The number of carbonyl (C=O) groups is 2. The number of amides is 2. The molecule has 35 heavy (non-hydrogen) atoms. The van der Waals surface area contributed by atoms with Crippen LogP contribution in [0, 0.1) is 0 Å². The van der Waals surface area contributed by atoms with Gasteiger partial charge in [0, 0.05) is 45.3 Å². The molecule has 1 aromatic heterocycles. The minimum atomic E-state index is -0.315. The highest BCUT2D eigenvalue weighted by molar-refractivity contribution is 5.93. The number of carbonyl (C=O) groups excluding carboxylic acids is 2. The Labute approximate surface area is 204 Å². The van der Waals surface area contributed by atoms with Crippen molar-refractivity contribution in [3.63, 3.8) is 0 Å². The van der Waals surface area contributed by atoms with Crippen molar-refractivity contribution in [3.05, 3.63) is 30.0 Å². The molecule has 2 saturated heterocycles. The summed E-state index contributed by atoms with van der Waals surface area (Å²) >= 11 is 0. The van der Waals surface area contributed by atoms with E-state index in [0.29, 0.717) is 42.5 Å². The van der Waals surface area contributed by atoms with Gasteiger partial charge in [0.2, 0.25) is 5.91 Å². The van der Waals surface area contributed by atoms with Crippen LogP contribution in [-0.4, -0.2) is 81.1 Å². The molecule has 4 rings (SSSR count). The summed E-state index contributed by atoms with van der Waals surface area (Å²) in [6.45, 7) is 2.56. The molecule has 0 bridgehead atoms. The SMILES string of the molecule is COc1ccc(OC)c(-c2cc(C(=O)N(CCC(=O)NC[C@@H]3CCCO3)C[C@@H]3CCCO3)no2)c1. The van der Waals surface area contributed by atoms with E-state index in [0.717, 1.165) is 32.3 Å². The van der Waals surface area contributed by atoms with Crippen LogP contribution in [0.15, 0.2) is 28.8 Å². The zero-order chi connectivity index (χ0) is 24.6. The summed E-state index contributed by atoms with van der Waals surface area (Å²) in [5.41, 5.74) is 0.778. The van der Waals surface area contributed by atoms with Gasteiger partial charge in [-0.1, -0.05) is 5.16 Å². The summed E-state index contributed by atoms with van der Waals surface area (Å²) < 4.78 is 27.5. The van der Waals surface area contributed by atoms with Crippen LogP contribution in [0.1, 0.15) is 42.6 Å². The van der Waals surface area contributed by atoms with Crippen molar-refractivity contribution in [2.45, 2.75) is 44.3 Å². The summed E-state index contributed by atoms with van der Waals surface area (Å²) in [5.74, 6) is 1.14. The number of hydrogen-bond donors (Lipinski definition) is 1. The topological polar surface area (TPSA) is 112 Å². The van der Waals surface area contributed by atoms with Gasteiger partial charge in [-0.15, -0.1) is 0 Å². The molecule has 1 aromatic carbocycles. The quantitative estimate of drug-likeness (QED) is 0.515. The van der Waals surface area contributed by atoms with Crippen molar-refractivity contribution < 1.29 is 33.1 Å². The van der Waals surface area contributed by atoms with Crippen molar-refractivity contribution in [1.29, 1.82) is 0 Å². The molecule has 10 heteroatoms. The summed E-state index contributed by atoms with van der Waals surface area (Å²) in [7, 11) is 3.13. The average Bonchev–Trinajstić information content (AvgIpc) is 3.67. The number of aromatic nitrogens is 1. The number of nitrogens with one attached hydrogen (secondary N) is 1. The fourth-order valence-corrected chi connectivity index (χ4v) is 4.34. The van der Waals surface area contributed by atoms with Gasteiger partial charge >= 0.3 is 0 Å². The Morgan fingerprint density at radius 1 is 1.09 bits per heavy atom. The minimum absolute atomic E-state index is 0.0567. The van der Waals surface area contributed by atoms with Gasteiger partial charge in [-0.25, -0.2) is 0 Å². The molecule has 0 saturated carbocycles. The number of nitrogens with zero attached hydrogens (tertiary/aromatic N) is 2. The highest BCUT2D eigenvalue weighted by atomic mass is 16.5. The molecule has 2 amide bonds. The fraction of sp³-hybridized carbons (Fsp3) is 0.560. The lowest BCUT2D eigenvalue weighted by atomic mass is 10.1. The summed E-state index contributed by atoms with van der Waals surface area (Å²) in [6, 6.07) is 6.88. The first-order chi connectivity index (χ1) is 17.1. The maximum absolute atomic E-state index is 13.4. The molecule has 2 fully saturated rings. The molecule has 2 atom stereocenters. The maximum atomic E-state index is 13.4. The van der Waals surface area contributed by atoms with E-state index in [-0.39, 0.29) is 42.7 Å². The monoisotopic (exact) mass is 487 g/mol. The smallest absolute Gasteiger partial charge is 0.276 e. The Morgan fingerprint density at radius 3 is 2.54 bits per heavy atom. The molecule has 0 spiro atoms. The molecule has 2 aliphatic heterocycles. The first-order valence-corrected chi connectivity index (χ1v) is 12.1. The van der Waals surface area contributed by atoms with Gasteiger partial charge in [0.15, 0.2) is 11.5 Å². The van der Waals surface area contributed by atoms with Crippen molar-refractivity contribution in [3.8, 4) is 22.8 Å². The maximum Gasteiger partial charge on any atom is 0.276 e. The standard InChI is InChI=1S/C25H33N3O7/c1-31-17-7-8-22(32-2)20(13-17)23-14-21(27-35-23)25(30)28(16-19-6-4-12-34-19)10-9-24(29)26-15-18-5-3-11-33-18/h7-8,13-14,18-19H,3-6,9-12,15-16H2,1-2H3,(H,26,29)/t18-,19-/m0/s1. The molecule has 10 nitrogen and oxygen atoms in total. The van der Waals surface area contributed by atoms with Crippen molar-refractivity contribution in [2.75, 3.05) is 47.1 Å². The molecule has 2 aliphatic rings. The van der Waals surface area contributed by atoms with Gasteiger partial charge < -0.3 is 33.7 Å². The first-order valence-electron chi connectivity index (χ1n) is 12.1. The zero-order valence-corrected chi connectivity index (χ0v) is 20.3. The van der Waals surface area contributed by atoms with E-state index in [1.54, 1.807) is 43.4 Å². The van der Waals surface area contributed by atoms with Crippen LogP contribution in [0.2, 0.25) is 0 Å².